The lowest BCUT2D eigenvalue weighted by Gasteiger charge is -2.17. The van der Waals surface area contributed by atoms with Gasteiger partial charge in [0.05, 0.1) is 13.7 Å². The third-order valence-electron chi connectivity index (χ3n) is 5.02. The van der Waals surface area contributed by atoms with E-state index in [2.05, 4.69) is 24.8 Å². The molecular formula is C22H28N2O4S. The number of allylic oxidation sites excluding steroid dienone is 1. The standard InChI is InChI=1S/C22H28N2O4S/c1-16(2)6-9-23-10-7-18-21(22(26)27-3)19(15-20(25)24(18)12-11-23)28-13-8-17-5-4-14-29-17/h4-6,14-15H,7-13H2,1-3H3. The molecule has 0 N–H and O–H groups in total. The zero-order valence-corrected chi connectivity index (χ0v) is 18.1. The van der Waals surface area contributed by atoms with Crippen molar-refractivity contribution in [3.63, 3.8) is 0 Å². The minimum atomic E-state index is -0.461. The Labute approximate surface area is 175 Å². The zero-order valence-electron chi connectivity index (χ0n) is 17.3. The van der Waals surface area contributed by atoms with Crippen LogP contribution in [0.2, 0.25) is 0 Å². The minimum Gasteiger partial charge on any atom is -0.492 e. The van der Waals surface area contributed by atoms with E-state index < -0.39 is 5.97 Å². The Bertz CT molecular complexity index is 927. The second-order valence-electron chi connectivity index (χ2n) is 7.32. The van der Waals surface area contributed by atoms with Gasteiger partial charge in [-0.1, -0.05) is 17.7 Å². The number of nitrogens with zero attached hydrogens (tertiary/aromatic N) is 2. The van der Waals surface area contributed by atoms with Gasteiger partial charge in [-0.2, -0.15) is 0 Å². The topological polar surface area (TPSA) is 60.8 Å². The Kier molecular flexibility index (Phi) is 7.28. The maximum atomic E-state index is 12.8. The fourth-order valence-electron chi connectivity index (χ4n) is 3.44. The number of ether oxygens (including phenoxy) is 2. The van der Waals surface area contributed by atoms with Crippen LogP contribution >= 0.6 is 11.3 Å². The summed E-state index contributed by atoms with van der Waals surface area (Å²) in [6, 6.07) is 5.47. The molecule has 0 atom stereocenters. The fraction of sp³-hybridized carbons (Fsp3) is 0.455. The highest BCUT2D eigenvalue weighted by molar-refractivity contribution is 7.09. The second kappa shape index (κ2) is 9.89. The molecule has 3 rings (SSSR count). The van der Waals surface area contributed by atoms with Gasteiger partial charge in [0.15, 0.2) is 0 Å². The monoisotopic (exact) mass is 416 g/mol. The van der Waals surface area contributed by atoms with Crippen LogP contribution in [0, 0.1) is 0 Å². The lowest BCUT2D eigenvalue weighted by molar-refractivity contribution is 0.0593. The summed E-state index contributed by atoms with van der Waals surface area (Å²) in [4.78, 5) is 28.8. The number of methoxy groups -OCH3 is 1. The van der Waals surface area contributed by atoms with Gasteiger partial charge in [-0.15, -0.1) is 11.3 Å². The van der Waals surface area contributed by atoms with Crippen molar-refractivity contribution in [1.29, 1.82) is 0 Å². The van der Waals surface area contributed by atoms with E-state index in [1.807, 2.05) is 17.5 Å². The first kappa shape index (κ1) is 21.3. The van der Waals surface area contributed by atoms with E-state index in [1.165, 1.54) is 23.6 Å². The molecule has 2 aromatic rings. The van der Waals surface area contributed by atoms with Crippen LogP contribution in [-0.4, -0.2) is 48.8 Å². The van der Waals surface area contributed by atoms with Gasteiger partial charge in [0, 0.05) is 55.7 Å². The van der Waals surface area contributed by atoms with Gasteiger partial charge >= 0.3 is 5.97 Å². The van der Waals surface area contributed by atoms with E-state index in [9.17, 15) is 9.59 Å². The Balaban J connectivity index is 1.86. The van der Waals surface area contributed by atoms with Crippen LogP contribution in [0.1, 0.15) is 34.8 Å². The SMILES string of the molecule is COC(=O)c1c(OCCc2cccs2)cc(=O)n2c1CCN(CC=C(C)C)CC2. The molecule has 0 fully saturated rings. The van der Waals surface area contributed by atoms with E-state index >= 15 is 0 Å². The smallest absolute Gasteiger partial charge is 0.343 e. The summed E-state index contributed by atoms with van der Waals surface area (Å²) in [5.41, 5.74) is 2.21. The first-order valence-electron chi connectivity index (χ1n) is 9.85. The Hall–Kier alpha value is -2.38. The molecule has 0 saturated carbocycles. The van der Waals surface area contributed by atoms with Gasteiger partial charge in [0.25, 0.3) is 5.56 Å². The van der Waals surface area contributed by atoms with Gasteiger partial charge in [-0.3, -0.25) is 9.69 Å². The fourth-order valence-corrected chi connectivity index (χ4v) is 4.13. The van der Waals surface area contributed by atoms with Crippen molar-refractivity contribution in [3.05, 3.63) is 61.7 Å². The molecule has 7 heteroatoms. The molecule has 0 aliphatic carbocycles. The van der Waals surface area contributed by atoms with Gasteiger partial charge in [-0.25, -0.2) is 4.79 Å². The van der Waals surface area contributed by atoms with Crippen molar-refractivity contribution in [2.24, 2.45) is 0 Å². The van der Waals surface area contributed by atoms with Crippen LogP contribution in [0.5, 0.6) is 5.75 Å². The van der Waals surface area contributed by atoms with E-state index in [0.717, 1.165) is 26.1 Å². The van der Waals surface area contributed by atoms with E-state index in [1.54, 1.807) is 15.9 Å². The molecule has 1 aliphatic rings. The molecule has 3 heterocycles. The molecule has 156 valence electrons. The molecule has 0 spiro atoms. The predicted octanol–water partition coefficient (Wildman–Crippen LogP) is 3.14. The Morgan fingerprint density at radius 2 is 2.10 bits per heavy atom. The van der Waals surface area contributed by atoms with E-state index in [4.69, 9.17) is 9.47 Å². The number of aromatic nitrogens is 1. The maximum Gasteiger partial charge on any atom is 0.343 e. The lowest BCUT2D eigenvalue weighted by atomic mass is 10.1. The van der Waals surface area contributed by atoms with Crippen LogP contribution in [0.15, 0.2) is 40.0 Å². The zero-order chi connectivity index (χ0) is 20.8. The summed E-state index contributed by atoms with van der Waals surface area (Å²) in [6.07, 6.45) is 3.50. The molecular weight excluding hydrogens is 388 g/mol. The lowest BCUT2D eigenvalue weighted by Crippen LogP contribution is -2.29. The van der Waals surface area contributed by atoms with Gasteiger partial charge in [-0.05, 0) is 25.3 Å². The average Bonchev–Trinajstić information content (AvgIpc) is 3.12. The molecule has 2 aromatic heterocycles. The summed E-state index contributed by atoms with van der Waals surface area (Å²) in [7, 11) is 1.36. The largest absolute Gasteiger partial charge is 0.492 e. The van der Waals surface area contributed by atoms with Crippen molar-refractivity contribution in [2.45, 2.75) is 33.2 Å². The molecule has 0 bridgehead atoms. The molecule has 0 aromatic carbocycles. The Morgan fingerprint density at radius 3 is 2.79 bits per heavy atom. The van der Waals surface area contributed by atoms with Crippen molar-refractivity contribution in [3.8, 4) is 5.75 Å². The van der Waals surface area contributed by atoms with Crippen LogP contribution < -0.4 is 10.3 Å². The summed E-state index contributed by atoms with van der Waals surface area (Å²) < 4.78 is 12.6. The van der Waals surface area contributed by atoms with E-state index in [-0.39, 0.29) is 5.56 Å². The van der Waals surface area contributed by atoms with Crippen molar-refractivity contribution in [2.75, 3.05) is 33.4 Å². The number of carbonyl (C=O) groups excluding carboxylic acids is 1. The van der Waals surface area contributed by atoms with Crippen molar-refractivity contribution in [1.82, 2.24) is 9.47 Å². The number of fused-ring (bicyclic) bond motifs is 1. The number of hydrogen-bond acceptors (Lipinski definition) is 6. The van der Waals surface area contributed by atoms with Gasteiger partial charge in [0.1, 0.15) is 11.3 Å². The number of carbonyl (C=O) groups is 1. The van der Waals surface area contributed by atoms with E-state index in [0.29, 0.717) is 36.6 Å². The summed E-state index contributed by atoms with van der Waals surface area (Å²) in [5, 5.41) is 2.02. The summed E-state index contributed by atoms with van der Waals surface area (Å²) >= 11 is 1.66. The Morgan fingerprint density at radius 1 is 1.28 bits per heavy atom. The average molecular weight is 417 g/mol. The first-order chi connectivity index (χ1) is 14.0. The van der Waals surface area contributed by atoms with Crippen LogP contribution in [0.3, 0.4) is 0 Å². The summed E-state index contributed by atoms with van der Waals surface area (Å²) in [6.45, 7) is 7.47. The van der Waals surface area contributed by atoms with Gasteiger partial charge in [0.2, 0.25) is 0 Å². The predicted molar refractivity (Wildman–Crippen MR) is 115 cm³/mol. The van der Waals surface area contributed by atoms with Crippen molar-refractivity contribution >= 4 is 17.3 Å². The maximum absolute atomic E-state index is 12.8. The number of pyridine rings is 1. The third-order valence-corrected chi connectivity index (χ3v) is 5.96. The van der Waals surface area contributed by atoms with Crippen LogP contribution in [0.25, 0.3) is 0 Å². The molecule has 1 aliphatic heterocycles. The minimum absolute atomic E-state index is 0.136. The number of thiophene rings is 1. The third kappa shape index (κ3) is 5.36. The molecule has 0 unspecified atom stereocenters. The number of hydrogen-bond donors (Lipinski definition) is 0. The molecule has 0 saturated heterocycles. The van der Waals surface area contributed by atoms with Crippen molar-refractivity contribution < 1.29 is 14.3 Å². The number of rotatable bonds is 7. The molecule has 29 heavy (non-hydrogen) atoms. The molecule has 6 nitrogen and oxygen atoms in total. The molecule has 0 amide bonds. The highest BCUT2D eigenvalue weighted by atomic mass is 32.1. The first-order valence-corrected chi connectivity index (χ1v) is 10.7. The summed E-state index contributed by atoms with van der Waals surface area (Å²) in [5.74, 6) is -0.139. The molecule has 0 radical (unpaired) electrons. The van der Waals surface area contributed by atoms with Gasteiger partial charge < -0.3 is 14.0 Å². The highest BCUT2D eigenvalue weighted by Crippen LogP contribution is 2.24. The quantitative estimate of drug-likeness (QED) is 0.513. The normalized spacial score (nSPS) is 14.0. The highest BCUT2D eigenvalue weighted by Gasteiger charge is 2.25. The van der Waals surface area contributed by atoms with Crippen LogP contribution in [-0.2, 0) is 24.1 Å². The van der Waals surface area contributed by atoms with Crippen LogP contribution in [0.4, 0.5) is 0 Å². The number of esters is 1. The second-order valence-corrected chi connectivity index (χ2v) is 8.35.